The number of hydrogen-bond donors (Lipinski definition) is 0. The van der Waals surface area contributed by atoms with Crippen LogP contribution in [0.2, 0.25) is 5.02 Å². The van der Waals surface area contributed by atoms with E-state index in [-0.39, 0.29) is 5.78 Å². The fourth-order valence-electron chi connectivity index (χ4n) is 4.10. The van der Waals surface area contributed by atoms with Crippen molar-refractivity contribution in [3.05, 3.63) is 65.3 Å². The molecule has 2 aromatic carbocycles. The van der Waals surface area contributed by atoms with Gasteiger partial charge in [0.25, 0.3) is 0 Å². The number of rotatable bonds is 6. The first kappa shape index (κ1) is 19.0. The minimum absolute atomic E-state index is 0.130. The molecule has 1 aliphatic rings. The predicted molar refractivity (Wildman–Crippen MR) is 117 cm³/mol. The largest absolute Gasteiger partial charge is 0.368 e. The topological polar surface area (TPSA) is 28.5 Å². The zero-order valence-corrected chi connectivity index (χ0v) is 17.0. The van der Waals surface area contributed by atoms with Crippen molar-refractivity contribution in [3.8, 4) is 0 Å². The molecule has 0 saturated carbocycles. The van der Waals surface area contributed by atoms with Gasteiger partial charge in [0.1, 0.15) is 0 Å². The summed E-state index contributed by atoms with van der Waals surface area (Å²) >= 11 is 6.34. The van der Waals surface area contributed by atoms with Gasteiger partial charge >= 0.3 is 0 Å². The van der Waals surface area contributed by atoms with Crippen molar-refractivity contribution >= 4 is 34.0 Å². The number of Topliss-reactive ketones (excluding diaryl/α,β-unsaturated/α-hetero) is 1. The quantitative estimate of drug-likeness (QED) is 0.566. The van der Waals surface area contributed by atoms with E-state index in [1.165, 1.54) is 0 Å². The molecule has 146 valence electrons. The van der Waals surface area contributed by atoms with E-state index < -0.39 is 0 Å². The Morgan fingerprint density at radius 2 is 1.68 bits per heavy atom. The number of carbonyl (C=O) groups is 1. The molecule has 0 unspecified atom stereocenters. The number of nitrogens with zero attached hydrogens (tertiary/aromatic N) is 3. The van der Waals surface area contributed by atoms with E-state index in [1.54, 1.807) is 6.92 Å². The van der Waals surface area contributed by atoms with Crippen molar-refractivity contribution in [2.75, 3.05) is 37.6 Å². The normalized spacial score (nSPS) is 15.3. The lowest BCUT2D eigenvalue weighted by atomic mass is 10.1. The minimum atomic E-state index is 0.130. The third-order valence-corrected chi connectivity index (χ3v) is 5.93. The molecule has 1 aliphatic heterocycles. The van der Waals surface area contributed by atoms with Gasteiger partial charge in [0.05, 0.1) is 10.7 Å². The molecule has 4 rings (SSSR count). The number of piperazine rings is 1. The number of halogens is 1. The number of anilines is 1. The van der Waals surface area contributed by atoms with Crippen LogP contribution < -0.4 is 4.90 Å². The van der Waals surface area contributed by atoms with E-state index in [4.69, 9.17) is 11.6 Å². The van der Waals surface area contributed by atoms with E-state index in [0.717, 1.165) is 72.9 Å². The van der Waals surface area contributed by atoms with Crippen molar-refractivity contribution in [3.63, 3.8) is 0 Å². The Bertz CT molecular complexity index is 973. The number of aromatic nitrogens is 1. The number of para-hydroxylation sites is 2. The van der Waals surface area contributed by atoms with Crippen LogP contribution in [0.15, 0.2) is 54.7 Å². The Hall–Kier alpha value is -2.30. The average Bonchev–Trinajstić information content (AvgIpc) is 3.08. The summed E-state index contributed by atoms with van der Waals surface area (Å²) in [6, 6.07) is 16.3. The zero-order chi connectivity index (χ0) is 19.5. The van der Waals surface area contributed by atoms with Gasteiger partial charge in [-0.15, -0.1) is 0 Å². The smallest absolute Gasteiger partial charge is 0.161 e. The van der Waals surface area contributed by atoms with Crippen molar-refractivity contribution in [1.82, 2.24) is 9.47 Å². The van der Waals surface area contributed by atoms with Crippen molar-refractivity contribution < 1.29 is 4.79 Å². The Morgan fingerprint density at radius 3 is 2.43 bits per heavy atom. The van der Waals surface area contributed by atoms with E-state index >= 15 is 0 Å². The lowest BCUT2D eigenvalue weighted by molar-refractivity contribution is 0.101. The van der Waals surface area contributed by atoms with Crippen LogP contribution in [0.4, 0.5) is 5.69 Å². The lowest BCUT2D eigenvalue weighted by Crippen LogP contribution is -2.46. The second-order valence-electron chi connectivity index (χ2n) is 7.44. The number of benzene rings is 2. The van der Waals surface area contributed by atoms with Crippen LogP contribution in [0.1, 0.15) is 23.7 Å². The summed E-state index contributed by atoms with van der Waals surface area (Å²) < 4.78 is 2.23. The highest BCUT2D eigenvalue weighted by atomic mass is 35.5. The van der Waals surface area contributed by atoms with Crippen LogP contribution >= 0.6 is 11.6 Å². The summed E-state index contributed by atoms with van der Waals surface area (Å²) in [5.74, 6) is 0.130. The molecule has 2 heterocycles. The number of carbonyl (C=O) groups excluding carboxylic acids is 1. The van der Waals surface area contributed by atoms with Gasteiger partial charge in [0, 0.05) is 55.4 Å². The maximum Gasteiger partial charge on any atom is 0.161 e. The van der Waals surface area contributed by atoms with Gasteiger partial charge in [-0.05, 0) is 38.1 Å². The molecule has 0 bridgehead atoms. The SMILES string of the molecule is CC(=O)c1cn(CCCN2CCN(c3ccccc3Cl)CC2)c2ccccc12. The monoisotopic (exact) mass is 395 g/mol. The summed E-state index contributed by atoms with van der Waals surface area (Å²) in [6.07, 6.45) is 3.09. The molecule has 0 N–H and O–H groups in total. The highest BCUT2D eigenvalue weighted by molar-refractivity contribution is 6.33. The van der Waals surface area contributed by atoms with Crippen LogP contribution in [0.25, 0.3) is 10.9 Å². The minimum Gasteiger partial charge on any atom is -0.368 e. The third kappa shape index (κ3) is 3.94. The zero-order valence-electron chi connectivity index (χ0n) is 16.3. The number of hydrogen-bond acceptors (Lipinski definition) is 3. The second-order valence-corrected chi connectivity index (χ2v) is 7.85. The maximum absolute atomic E-state index is 11.9. The molecule has 1 aromatic heterocycles. The summed E-state index contributed by atoms with van der Waals surface area (Å²) in [5.41, 5.74) is 3.11. The van der Waals surface area contributed by atoms with Gasteiger partial charge in [-0.2, -0.15) is 0 Å². The van der Waals surface area contributed by atoms with Crippen LogP contribution in [-0.4, -0.2) is 48.0 Å². The summed E-state index contributed by atoms with van der Waals surface area (Å²) in [4.78, 5) is 16.8. The van der Waals surface area contributed by atoms with E-state index in [9.17, 15) is 4.79 Å². The van der Waals surface area contributed by atoms with Gasteiger partial charge in [0.2, 0.25) is 0 Å². The van der Waals surface area contributed by atoms with Crippen LogP contribution in [0.5, 0.6) is 0 Å². The fraction of sp³-hybridized carbons (Fsp3) is 0.348. The summed E-state index contributed by atoms with van der Waals surface area (Å²) in [6.45, 7) is 7.75. The third-order valence-electron chi connectivity index (χ3n) is 5.61. The van der Waals surface area contributed by atoms with E-state index in [1.807, 2.05) is 42.6 Å². The molecule has 0 spiro atoms. The number of ketones is 1. The van der Waals surface area contributed by atoms with Crippen LogP contribution in [-0.2, 0) is 6.54 Å². The van der Waals surface area contributed by atoms with Crippen molar-refractivity contribution in [1.29, 1.82) is 0 Å². The van der Waals surface area contributed by atoms with Crippen LogP contribution in [0, 0.1) is 0 Å². The molecule has 5 heteroatoms. The number of aryl methyl sites for hydroxylation is 1. The van der Waals surface area contributed by atoms with Gasteiger partial charge in [-0.3, -0.25) is 9.69 Å². The number of fused-ring (bicyclic) bond motifs is 1. The highest BCUT2D eigenvalue weighted by Crippen LogP contribution is 2.26. The molecule has 0 aliphatic carbocycles. The molecule has 28 heavy (non-hydrogen) atoms. The van der Waals surface area contributed by atoms with E-state index in [0.29, 0.717) is 0 Å². The second kappa shape index (κ2) is 8.38. The fourth-order valence-corrected chi connectivity index (χ4v) is 4.35. The van der Waals surface area contributed by atoms with Gasteiger partial charge in [-0.1, -0.05) is 41.9 Å². The van der Waals surface area contributed by atoms with Gasteiger partial charge in [0.15, 0.2) is 5.78 Å². The van der Waals surface area contributed by atoms with Crippen LogP contribution in [0.3, 0.4) is 0 Å². The molecule has 3 aromatic rings. The first-order valence-corrected chi connectivity index (χ1v) is 10.3. The lowest BCUT2D eigenvalue weighted by Gasteiger charge is -2.36. The molecule has 1 saturated heterocycles. The Labute approximate surface area is 171 Å². The van der Waals surface area contributed by atoms with Crippen molar-refractivity contribution in [2.45, 2.75) is 19.9 Å². The molecular weight excluding hydrogens is 370 g/mol. The first-order valence-electron chi connectivity index (χ1n) is 9.94. The molecule has 1 fully saturated rings. The van der Waals surface area contributed by atoms with E-state index in [2.05, 4.69) is 26.5 Å². The van der Waals surface area contributed by atoms with Crippen molar-refractivity contribution in [2.24, 2.45) is 0 Å². The van der Waals surface area contributed by atoms with Gasteiger partial charge in [-0.25, -0.2) is 0 Å². The molecular formula is C23H26ClN3O. The maximum atomic E-state index is 11.9. The Morgan fingerprint density at radius 1 is 0.964 bits per heavy atom. The average molecular weight is 396 g/mol. The summed E-state index contributed by atoms with van der Waals surface area (Å²) in [5, 5.41) is 1.89. The summed E-state index contributed by atoms with van der Waals surface area (Å²) in [7, 11) is 0. The Kier molecular flexibility index (Phi) is 5.69. The molecule has 4 nitrogen and oxygen atoms in total. The molecule has 0 atom stereocenters. The standard InChI is InChI=1S/C23H26ClN3O/c1-18(28)20-17-27(22-9-4-2-7-19(20)22)12-6-11-25-13-15-26(16-14-25)23-10-5-3-8-21(23)24/h2-5,7-10,17H,6,11-16H2,1H3. The predicted octanol–water partition coefficient (Wildman–Crippen LogP) is 4.71. The molecule has 0 amide bonds. The van der Waals surface area contributed by atoms with Gasteiger partial charge < -0.3 is 9.47 Å². The first-order chi connectivity index (χ1) is 13.6. The molecule has 0 radical (unpaired) electrons. The highest BCUT2D eigenvalue weighted by Gasteiger charge is 2.18. The Balaban J connectivity index is 1.33.